The van der Waals surface area contributed by atoms with E-state index in [1.54, 1.807) is 24.3 Å². The zero-order chi connectivity index (χ0) is 15.6. The molecule has 1 aromatic heterocycles. The van der Waals surface area contributed by atoms with Gasteiger partial charge in [0.1, 0.15) is 6.10 Å². The Bertz CT molecular complexity index is 602. The van der Waals surface area contributed by atoms with Crippen molar-refractivity contribution in [2.24, 2.45) is 0 Å². The van der Waals surface area contributed by atoms with Gasteiger partial charge in [-0.25, -0.2) is 9.97 Å². The molecule has 0 fully saturated rings. The first-order valence-electron chi connectivity index (χ1n) is 5.85. The van der Waals surface area contributed by atoms with Crippen LogP contribution in [0, 0.1) is 0 Å². The van der Waals surface area contributed by atoms with Crippen molar-refractivity contribution in [1.29, 1.82) is 0 Å². The molecule has 8 heteroatoms. The maximum absolute atomic E-state index is 12.5. The minimum Gasteiger partial charge on any atom is -0.384 e. The molecule has 0 radical (unpaired) electrons. The molecular weight excluding hydrogens is 351 g/mol. The molecule has 0 bridgehead atoms. The number of alkyl halides is 3. The average molecular weight is 362 g/mol. The predicted octanol–water partition coefficient (Wildman–Crippen LogP) is 3.28. The molecule has 1 unspecified atom stereocenters. The Morgan fingerprint density at radius 1 is 1.10 bits per heavy atom. The van der Waals surface area contributed by atoms with Crippen molar-refractivity contribution in [3.05, 3.63) is 52.3 Å². The Morgan fingerprint density at radius 3 is 2.10 bits per heavy atom. The van der Waals surface area contributed by atoms with Gasteiger partial charge in [-0.05, 0) is 17.7 Å². The van der Waals surface area contributed by atoms with Gasteiger partial charge in [0.2, 0.25) is 5.95 Å². The maximum atomic E-state index is 12.5. The molecule has 1 heterocycles. The van der Waals surface area contributed by atoms with Crippen LogP contribution in [0.15, 0.2) is 41.1 Å². The second-order valence-electron chi connectivity index (χ2n) is 4.30. The second-order valence-corrected chi connectivity index (χ2v) is 5.21. The summed E-state index contributed by atoms with van der Waals surface area (Å²) >= 11 is 3.28. The molecule has 21 heavy (non-hydrogen) atoms. The summed E-state index contributed by atoms with van der Waals surface area (Å²) in [5.41, 5.74) is 0.912. The maximum Gasteiger partial charge on any atom is 0.487 e. The van der Waals surface area contributed by atoms with E-state index in [1.807, 2.05) is 0 Å². The van der Waals surface area contributed by atoms with Crippen molar-refractivity contribution in [3.63, 3.8) is 0 Å². The summed E-state index contributed by atoms with van der Waals surface area (Å²) in [4.78, 5) is 7.27. The summed E-state index contributed by atoms with van der Waals surface area (Å²) < 4.78 is 38.3. The van der Waals surface area contributed by atoms with Crippen molar-refractivity contribution in [3.8, 4) is 0 Å². The molecule has 0 saturated heterocycles. The van der Waals surface area contributed by atoms with Crippen LogP contribution >= 0.6 is 15.9 Å². The van der Waals surface area contributed by atoms with Gasteiger partial charge in [0.05, 0.1) is 0 Å². The normalized spacial score (nSPS) is 13.0. The zero-order valence-corrected chi connectivity index (χ0v) is 12.4. The third kappa shape index (κ3) is 3.70. The number of aromatic nitrogens is 2. The van der Waals surface area contributed by atoms with Gasteiger partial charge >= 0.3 is 6.30 Å². The summed E-state index contributed by atoms with van der Waals surface area (Å²) in [7, 11) is 0.833. The van der Waals surface area contributed by atoms with Gasteiger partial charge in [-0.15, -0.1) is 13.2 Å². The molecule has 0 spiro atoms. The molecule has 112 valence electrons. The topological polar surface area (TPSA) is 49.2 Å². The molecule has 0 saturated carbocycles. The lowest BCUT2D eigenvalue weighted by molar-refractivity contribution is -0.126. The van der Waals surface area contributed by atoms with Crippen molar-refractivity contribution < 1.29 is 18.3 Å². The minimum atomic E-state index is -4.55. The number of benzene rings is 1. The predicted molar refractivity (Wildman–Crippen MR) is 74.7 cm³/mol. The number of hydrogen-bond acceptors (Lipinski definition) is 4. The lowest BCUT2D eigenvalue weighted by atomic mass is 10.0. The van der Waals surface area contributed by atoms with Crippen molar-refractivity contribution in [2.45, 2.75) is 12.4 Å². The smallest absolute Gasteiger partial charge is 0.384 e. The lowest BCUT2D eigenvalue weighted by Gasteiger charge is -2.20. The quantitative estimate of drug-likeness (QED) is 0.852. The first-order valence-corrected chi connectivity index (χ1v) is 6.64. The van der Waals surface area contributed by atoms with Crippen LogP contribution in [0.4, 0.5) is 19.1 Å². The van der Waals surface area contributed by atoms with Crippen LogP contribution in [0.5, 0.6) is 0 Å². The van der Waals surface area contributed by atoms with E-state index in [-0.39, 0.29) is 4.90 Å². The Labute approximate surface area is 127 Å². The number of halogens is 4. The summed E-state index contributed by atoms with van der Waals surface area (Å²) in [5.74, 6) is -0.478. The van der Waals surface area contributed by atoms with Gasteiger partial charge in [-0.2, -0.15) is 0 Å². The number of hydrogen-bond donors (Lipinski definition) is 1. The highest BCUT2D eigenvalue weighted by Crippen LogP contribution is 2.26. The fourth-order valence-corrected chi connectivity index (χ4v) is 1.86. The van der Waals surface area contributed by atoms with Gasteiger partial charge in [-0.3, -0.25) is 4.90 Å². The van der Waals surface area contributed by atoms with Crippen LogP contribution in [0.2, 0.25) is 0 Å². The largest absolute Gasteiger partial charge is 0.487 e. The monoisotopic (exact) mass is 361 g/mol. The molecule has 4 nitrogen and oxygen atoms in total. The number of aliphatic hydroxyl groups is 1. The third-order valence-corrected chi connectivity index (χ3v) is 3.37. The van der Waals surface area contributed by atoms with Crippen LogP contribution in [-0.4, -0.2) is 28.4 Å². The molecule has 0 aliphatic carbocycles. The van der Waals surface area contributed by atoms with Gasteiger partial charge < -0.3 is 5.11 Å². The average Bonchev–Trinajstić information content (AvgIpc) is 2.46. The molecule has 2 rings (SSSR count). The van der Waals surface area contributed by atoms with E-state index in [9.17, 15) is 18.3 Å². The van der Waals surface area contributed by atoms with Crippen LogP contribution in [-0.2, 0) is 0 Å². The fraction of sp³-hybridized carbons (Fsp3) is 0.231. The third-order valence-electron chi connectivity index (χ3n) is 2.84. The van der Waals surface area contributed by atoms with E-state index >= 15 is 0 Å². The van der Waals surface area contributed by atoms with E-state index in [1.165, 1.54) is 12.4 Å². The minimum absolute atomic E-state index is 0.00277. The van der Waals surface area contributed by atoms with Gasteiger partial charge in [0.25, 0.3) is 0 Å². The molecule has 0 aliphatic heterocycles. The molecule has 0 amide bonds. The van der Waals surface area contributed by atoms with E-state index < -0.39 is 18.4 Å². The van der Waals surface area contributed by atoms with Crippen LogP contribution in [0.3, 0.4) is 0 Å². The molecular formula is C13H11BrF3N3O. The Balaban J connectivity index is 2.20. The van der Waals surface area contributed by atoms with Gasteiger partial charge in [0.15, 0.2) is 0 Å². The summed E-state index contributed by atoms with van der Waals surface area (Å²) in [6.45, 7) is 0. The van der Waals surface area contributed by atoms with Crippen LogP contribution in [0.1, 0.15) is 17.2 Å². The standard InChI is InChI=1S/C13H11BrF3N3O/c1-20(13(15,16)17)12-18-6-9(7-19-12)11(21)8-2-4-10(14)5-3-8/h2-7,11,21H,1H3. The van der Waals surface area contributed by atoms with Gasteiger partial charge in [-0.1, -0.05) is 28.1 Å². The molecule has 1 N–H and O–H groups in total. The Hall–Kier alpha value is -1.67. The van der Waals surface area contributed by atoms with Crippen molar-refractivity contribution in [1.82, 2.24) is 9.97 Å². The van der Waals surface area contributed by atoms with Crippen LogP contribution in [0.25, 0.3) is 0 Å². The summed E-state index contributed by atoms with van der Waals surface area (Å²) in [5, 5.41) is 10.1. The Kier molecular flexibility index (Phi) is 4.48. The van der Waals surface area contributed by atoms with Crippen LogP contribution < -0.4 is 4.90 Å². The highest BCUT2D eigenvalue weighted by molar-refractivity contribution is 9.10. The number of nitrogens with zero attached hydrogens (tertiary/aromatic N) is 3. The first kappa shape index (κ1) is 15.7. The van der Waals surface area contributed by atoms with E-state index in [0.717, 1.165) is 11.5 Å². The molecule has 1 aromatic carbocycles. The van der Waals surface area contributed by atoms with E-state index in [0.29, 0.717) is 11.1 Å². The van der Waals surface area contributed by atoms with E-state index in [4.69, 9.17) is 0 Å². The van der Waals surface area contributed by atoms with Crippen molar-refractivity contribution >= 4 is 21.9 Å². The molecule has 2 aromatic rings. The highest BCUT2D eigenvalue weighted by Gasteiger charge is 2.36. The first-order chi connectivity index (χ1) is 9.79. The van der Waals surface area contributed by atoms with Gasteiger partial charge in [0, 0.05) is 29.5 Å². The highest BCUT2D eigenvalue weighted by atomic mass is 79.9. The Morgan fingerprint density at radius 2 is 1.62 bits per heavy atom. The number of rotatable bonds is 3. The molecule has 1 atom stereocenters. The fourth-order valence-electron chi connectivity index (χ4n) is 1.60. The SMILES string of the molecule is CN(c1ncc(C(O)c2ccc(Br)cc2)cn1)C(F)(F)F. The van der Waals surface area contributed by atoms with E-state index in [2.05, 4.69) is 25.9 Å². The van der Waals surface area contributed by atoms with Crippen molar-refractivity contribution in [2.75, 3.05) is 11.9 Å². The number of anilines is 1. The zero-order valence-electron chi connectivity index (χ0n) is 10.8. The molecule has 0 aliphatic rings. The summed E-state index contributed by atoms with van der Waals surface area (Å²) in [6, 6.07) is 6.91. The summed E-state index contributed by atoms with van der Waals surface area (Å²) in [6.07, 6.45) is -3.19. The number of aliphatic hydroxyl groups excluding tert-OH is 1. The lowest BCUT2D eigenvalue weighted by Crippen LogP contribution is -2.35. The second kappa shape index (κ2) is 5.98.